The number of thiazole rings is 1. The van der Waals surface area contributed by atoms with Crippen molar-refractivity contribution in [2.24, 2.45) is 11.7 Å². The predicted molar refractivity (Wildman–Crippen MR) is 89.1 cm³/mol. The second-order valence-electron chi connectivity index (χ2n) is 5.79. The Balaban J connectivity index is 1.88. The quantitative estimate of drug-likeness (QED) is 0.854. The second kappa shape index (κ2) is 7.64. The van der Waals surface area contributed by atoms with Gasteiger partial charge < -0.3 is 10.6 Å². The largest absolute Gasteiger partial charge is 0.327 e. The maximum Gasteiger partial charge on any atom is 0.142 e. The molecular weight excluding hydrogens is 280 g/mol. The molecule has 2 aromatic rings. The number of rotatable bonds is 7. The van der Waals surface area contributed by atoms with Crippen molar-refractivity contribution in [3.63, 3.8) is 0 Å². The van der Waals surface area contributed by atoms with Gasteiger partial charge in [-0.2, -0.15) is 0 Å². The second-order valence-corrected chi connectivity index (χ2v) is 6.65. The van der Waals surface area contributed by atoms with Gasteiger partial charge in [0.15, 0.2) is 0 Å². The van der Waals surface area contributed by atoms with Gasteiger partial charge in [0.05, 0.1) is 11.4 Å². The molecule has 0 aliphatic heterocycles. The van der Waals surface area contributed by atoms with Crippen LogP contribution in [-0.4, -0.2) is 34.5 Å². The van der Waals surface area contributed by atoms with Crippen molar-refractivity contribution in [3.8, 4) is 10.7 Å². The van der Waals surface area contributed by atoms with E-state index in [1.165, 1.54) is 0 Å². The van der Waals surface area contributed by atoms with E-state index in [4.69, 9.17) is 5.73 Å². The van der Waals surface area contributed by atoms with Crippen molar-refractivity contribution >= 4 is 11.3 Å². The number of hydrogen-bond donors (Lipinski definition) is 1. The Hall–Kier alpha value is -1.30. The van der Waals surface area contributed by atoms with Crippen LogP contribution in [0.2, 0.25) is 0 Å². The Morgan fingerprint density at radius 3 is 2.81 bits per heavy atom. The Kier molecular flexibility index (Phi) is 5.85. The van der Waals surface area contributed by atoms with Gasteiger partial charge in [0.25, 0.3) is 0 Å². The van der Waals surface area contributed by atoms with Crippen LogP contribution in [0.15, 0.2) is 29.8 Å². The minimum absolute atomic E-state index is 0.270. The Bertz CT molecular complexity index is 538. The molecule has 114 valence electrons. The zero-order valence-corrected chi connectivity index (χ0v) is 13.8. The van der Waals surface area contributed by atoms with Gasteiger partial charge >= 0.3 is 0 Å². The number of hydrogen-bond acceptors (Lipinski definition) is 5. The summed E-state index contributed by atoms with van der Waals surface area (Å²) in [6.45, 7) is 6.19. The zero-order valence-electron chi connectivity index (χ0n) is 13.0. The van der Waals surface area contributed by atoms with Crippen molar-refractivity contribution in [3.05, 3.63) is 35.5 Å². The molecule has 0 bridgehead atoms. The molecule has 2 heterocycles. The summed E-state index contributed by atoms with van der Waals surface area (Å²) < 4.78 is 0. The zero-order chi connectivity index (χ0) is 15.2. The van der Waals surface area contributed by atoms with Crippen LogP contribution in [0.4, 0.5) is 0 Å². The van der Waals surface area contributed by atoms with Gasteiger partial charge in [-0.25, -0.2) is 4.98 Å². The first kappa shape index (κ1) is 16.1. The molecule has 2 aromatic heterocycles. The van der Waals surface area contributed by atoms with E-state index < -0.39 is 0 Å². The fourth-order valence-corrected chi connectivity index (χ4v) is 2.83. The molecule has 0 saturated carbocycles. The lowest BCUT2D eigenvalue weighted by Crippen LogP contribution is -2.31. The van der Waals surface area contributed by atoms with E-state index in [1.807, 2.05) is 18.2 Å². The molecule has 0 saturated heterocycles. The van der Waals surface area contributed by atoms with Gasteiger partial charge in [0.2, 0.25) is 0 Å². The maximum atomic E-state index is 6.09. The topological polar surface area (TPSA) is 55.0 Å². The number of nitrogens with zero attached hydrogens (tertiary/aromatic N) is 3. The summed E-state index contributed by atoms with van der Waals surface area (Å²) in [5, 5.41) is 3.10. The van der Waals surface area contributed by atoms with E-state index >= 15 is 0 Å². The molecule has 1 atom stereocenters. The lowest BCUT2D eigenvalue weighted by molar-refractivity contribution is 0.294. The first-order chi connectivity index (χ1) is 10.1. The van der Waals surface area contributed by atoms with Crippen LogP contribution in [0.3, 0.4) is 0 Å². The molecule has 0 spiro atoms. The van der Waals surface area contributed by atoms with Crippen LogP contribution < -0.4 is 5.73 Å². The van der Waals surface area contributed by atoms with Gasteiger partial charge in [0, 0.05) is 24.2 Å². The molecule has 0 fully saturated rings. The molecule has 4 nitrogen and oxygen atoms in total. The first-order valence-corrected chi connectivity index (χ1v) is 8.24. The van der Waals surface area contributed by atoms with Crippen LogP contribution in [0.25, 0.3) is 10.7 Å². The lowest BCUT2D eigenvalue weighted by Gasteiger charge is -2.20. The van der Waals surface area contributed by atoms with Gasteiger partial charge in [-0.15, -0.1) is 11.3 Å². The molecule has 21 heavy (non-hydrogen) atoms. The summed E-state index contributed by atoms with van der Waals surface area (Å²) >= 11 is 1.65. The van der Waals surface area contributed by atoms with Crippen LogP contribution >= 0.6 is 11.3 Å². The van der Waals surface area contributed by atoms with Crippen molar-refractivity contribution in [1.29, 1.82) is 0 Å². The highest BCUT2D eigenvalue weighted by Crippen LogP contribution is 2.21. The van der Waals surface area contributed by atoms with Crippen molar-refractivity contribution < 1.29 is 0 Å². The summed E-state index contributed by atoms with van der Waals surface area (Å²) in [6, 6.07) is 6.17. The van der Waals surface area contributed by atoms with E-state index in [9.17, 15) is 0 Å². The highest BCUT2D eigenvalue weighted by atomic mass is 32.1. The molecule has 2 rings (SSSR count). The predicted octanol–water partition coefficient (Wildman–Crippen LogP) is 3.01. The minimum atomic E-state index is 0.270. The van der Waals surface area contributed by atoms with Crippen LogP contribution in [0.1, 0.15) is 26.0 Å². The standard InChI is InChI=1S/C16H24N4S/c1-12(2)14(17)7-9-20(3)10-13-11-21-16(19-13)15-6-4-5-8-18-15/h4-6,8,11-12,14H,7,9-10,17H2,1-3H3. The molecule has 0 amide bonds. The van der Waals surface area contributed by atoms with Crippen molar-refractivity contribution in [2.75, 3.05) is 13.6 Å². The van der Waals surface area contributed by atoms with Crippen molar-refractivity contribution in [1.82, 2.24) is 14.9 Å². The lowest BCUT2D eigenvalue weighted by atomic mass is 10.0. The average Bonchev–Trinajstić information content (AvgIpc) is 2.94. The average molecular weight is 304 g/mol. The fourth-order valence-electron chi connectivity index (χ4n) is 2.04. The van der Waals surface area contributed by atoms with Gasteiger partial charge in [0.1, 0.15) is 5.01 Å². The third-order valence-electron chi connectivity index (χ3n) is 3.57. The molecule has 2 N–H and O–H groups in total. The molecular formula is C16H24N4S. The third kappa shape index (κ3) is 4.88. The first-order valence-electron chi connectivity index (χ1n) is 7.36. The van der Waals surface area contributed by atoms with E-state index in [1.54, 1.807) is 17.5 Å². The van der Waals surface area contributed by atoms with Crippen LogP contribution in [-0.2, 0) is 6.54 Å². The molecule has 0 aliphatic rings. The highest BCUT2D eigenvalue weighted by Gasteiger charge is 2.11. The number of aromatic nitrogens is 2. The van der Waals surface area contributed by atoms with E-state index in [0.717, 1.165) is 35.9 Å². The van der Waals surface area contributed by atoms with E-state index in [2.05, 4.69) is 41.1 Å². The molecule has 0 aromatic carbocycles. The van der Waals surface area contributed by atoms with E-state index in [-0.39, 0.29) is 6.04 Å². The summed E-state index contributed by atoms with van der Waals surface area (Å²) in [6.07, 6.45) is 2.82. The Morgan fingerprint density at radius 1 is 1.33 bits per heavy atom. The SMILES string of the molecule is CC(C)C(N)CCN(C)Cc1csc(-c2ccccn2)n1. The van der Waals surface area contributed by atoms with E-state index in [0.29, 0.717) is 5.92 Å². The third-order valence-corrected chi connectivity index (χ3v) is 4.48. The smallest absolute Gasteiger partial charge is 0.142 e. The van der Waals surface area contributed by atoms with Gasteiger partial charge in [-0.1, -0.05) is 19.9 Å². The van der Waals surface area contributed by atoms with Gasteiger partial charge in [-0.3, -0.25) is 4.98 Å². The van der Waals surface area contributed by atoms with Gasteiger partial charge in [-0.05, 0) is 38.1 Å². The summed E-state index contributed by atoms with van der Waals surface area (Å²) in [4.78, 5) is 11.3. The van der Waals surface area contributed by atoms with Crippen molar-refractivity contribution in [2.45, 2.75) is 32.9 Å². The monoisotopic (exact) mass is 304 g/mol. The molecule has 1 unspecified atom stereocenters. The van der Waals surface area contributed by atoms with Crippen LogP contribution in [0.5, 0.6) is 0 Å². The Labute approximate surface area is 131 Å². The maximum absolute atomic E-state index is 6.09. The molecule has 5 heteroatoms. The normalized spacial score (nSPS) is 13.0. The molecule has 0 aliphatic carbocycles. The summed E-state index contributed by atoms with van der Waals surface area (Å²) in [5.41, 5.74) is 8.13. The molecule has 0 radical (unpaired) electrons. The number of pyridine rings is 1. The van der Waals surface area contributed by atoms with Crippen LogP contribution in [0, 0.1) is 5.92 Å². The highest BCUT2D eigenvalue weighted by molar-refractivity contribution is 7.13. The minimum Gasteiger partial charge on any atom is -0.327 e. The fraction of sp³-hybridized carbons (Fsp3) is 0.500. The summed E-state index contributed by atoms with van der Waals surface area (Å²) in [7, 11) is 2.12. The summed E-state index contributed by atoms with van der Waals surface area (Å²) in [5.74, 6) is 0.536. The number of nitrogens with two attached hydrogens (primary N) is 1. The Morgan fingerprint density at radius 2 is 2.14 bits per heavy atom.